The Labute approximate surface area is 125 Å². The number of likely N-dealkylation sites (tertiary alicyclic amines) is 1. The molecule has 1 aromatic rings. The summed E-state index contributed by atoms with van der Waals surface area (Å²) in [4.78, 5) is 2.46. The van der Waals surface area contributed by atoms with E-state index in [1.54, 1.807) is 12.1 Å². The minimum Gasteiger partial charge on any atom is -0.314 e. The van der Waals surface area contributed by atoms with Crippen LogP contribution in [0.5, 0.6) is 0 Å². The Kier molecular flexibility index (Phi) is 4.59. The number of benzene rings is 1. The lowest BCUT2D eigenvalue weighted by atomic mass is 9.89. The molecule has 3 rings (SSSR count). The highest BCUT2D eigenvalue weighted by Crippen LogP contribution is 2.26. The largest absolute Gasteiger partial charge is 0.314 e. The predicted octanol–water partition coefficient (Wildman–Crippen LogP) is 3.44. The first kappa shape index (κ1) is 14.3. The predicted molar refractivity (Wildman–Crippen MR) is 80.4 cm³/mol. The maximum atomic E-state index is 13.5. The fourth-order valence-electron chi connectivity index (χ4n) is 3.57. The molecule has 1 aromatic carbocycles. The summed E-state index contributed by atoms with van der Waals surface area (Å²) in [6.07, 6.45) is 5.19. The summed E-state index contributed by atoms with van der Waals surface area (Å²) in [6.45, 7) is 4.25. The van der Waals surface area contributed by atoms with Crippen molar-refractivity contribution in [2.75, 3.05) is 19.6 Å². The number of rotatable bonds is 3. The molecule has 2 aliphatic heterocycles. The molecule has 1 N–H and O–H groups in total. The quantitative estimate of drug-likeness (QED) is 0.919. The zero-order valence-corrected chi connectivity index (χ0v) is 12.5. The Bertz CT molecular complexity index is 460. The van der Waals surface area contributed by atoms with Gasteiger partial charge in [-0.05, 0) is 62.4 Å². The first-order valence-electron chi connectivity index (χ1n) is 7.62. The normalized spacial score (nSPS) is 27.9. The van der Waals surface area contributed by atoms with Crippen molar-refractivity contribution in [2.24, 2.45) is 5.92 Å². The van der Waals surface area contributed by atoms with E-state index in [0.29, 0.717) is 6.04 Å². The van der Waals surface area contributed by atoms with Crippen molar-refractivity contribution in [2.45, 2.75) is 38.3 Å². The van der Waals surface area contributed by atoms with E-state index in [1.807, 2.05) is 6.07 Å². The minimum atomic E-state index is -0.310. The first-order chi connectivity index (χ1) is 9.72. The van der Waals surface area contributed by atoms with Gasteiger partial charge in [0, 0.05) is 19.1 Å². The Morgan fingerprint density at radius 3 is 2.95 bits per heavy atom. The van der Waals surface area contributed by atoms with Crippen molar-refractivity contribution >= 4 is 11.6 Å². The molecule has 2 heterocycles. The Morgan fingerprint density at radius 2 is 2.20 bits per heavy atom. The SMILES string of the molecule is Fc1cc(CN2CCCC(C3CCCN3)C2)ccc1Cl. The van der Waals surface area contributed by atoms with Crippen LogP contribution in [0.3, 0.4) is 0 Å². The average molecular weight is 297 g/mol. The van der Waals surface area contributed by atoms with Crippen LogP contribution in [0, 0.1) is 11.7 Å². The second-order valence-corrected chi connectivity index (χ2v) is 6.50. The van der Waals surface area contributed by atoms with Crippen molar-refractivity contribution in [3.05, 3.63) is 34.6 Å². The lowest BCUT2D eigenvalue weighted by Gasteiger charge is -2.35. The summed E-state index contributed by atoms with van der Waals surface area (Å²) in [5.41, 5.74) is 1.02. The van der Waals surface area contributed by atoms with Crippen LogP contribution in [0.25, 0.3) is 0 Å². The highest BCUT2D eigenvalue weighted by molar-refractivity contribution is 6.30. The molecule has 0 amide bonds. The van der Waals surface area contributed by atoms with Gasteiger partial charge in [0.25, 0.3) is 0 Å². The van der Waals surface area contributed by atoms with Crippen molar-refractivity contribution in [3.8, 4) is 0 Å². The fraction of sp³-hybridized carbons (Fsp3) is 0.625. The summed E-state index contributed by atoms with van der Waals surface area (Å²) in [7, 11) is 0. The number of hydrogen-bond acceptors (Lipinski definition) is 2. The van der Waals surface area contributed by atoms with Crippen LogP contribution in [-0.2, 0) is 6.54 Å². The standard InChI is InChI=1S/C16H22ClFN2/c17-14-6-5-12(9-15(14)18)10-20-8-2-3-13(11-20)16-4-1-7-19-16/h5-6,9,13,16,19H,1-4,7-8,10-11H2. The molecule has 2 atom stereocenters. The zero-order chi connectivity index (χ0) is 13.9. The minimum absolute atomic E-state index is 0.209. The van der Waals surface area contributed by atoms with E-state index in [2.05, 4.69) is 10.2 Å². The van der Waals surface area contributed by atoms with Crippen molar-refractivity contribution in [1.29, 1.82) is 0 Å². The third-order valence-electron chi connectivity index (χ3n) is 4.60. The molecule has 2 unspecified atom stereocenters. The number of nitrogens with zero attached hydrogens (tertiary/aromatic N) is 1. The summed E-state index contributed by atoms with van der Waals surface area (Å²) in [6, 6.07) is 5.86. The lowest BCUT2D eigenvalue weighted by Crippen LogP contribution is -2.43. The summed E-state index contributed by atoms with van der Waals surface area (Å²) in [5, 5.41) is 3.83. The molecule has 2 fully saturated rings. The number of nitrogens with one attached hydrogen (secondary N) is 1. The molecule has 20 heavy (non-hydrogen) atoms. The van der Waals surface area contributed by atoms with Gasteiger partial charge in [0.05, 0.1) is 5.02 Å². The summed E-state index contributed by atoms with van der Waals surface area (Å²) in [5.74, 6) is 0.443. The van der Waals surface area contributed by atoms with Crippen LogP contribution in [0.2, 0.25) is 5.02 Å². The van der Waals surface area contributed by atoms with Crippen molar-refractivity contribution < 1.29 is 4.39 Å². The van der Waals surface area contributed by atoms with Crippen LogP contribution in [-0.4, -0.2) is 30.6 Å². The molecule has 4 heteroatoms. The molecule has 2 aliphatic rings. The van der Waals surface area contributed by atoms with Crippen molar-refractivity contribution in [3.63, 3.8) is 0 Å². The van der Waals surface area contributed by atoms with E-state index >= 15 is 0 Å². The number of hydrogen-bond donors (Lipinski definition) is 1. The molecule has 0 bridgehead atoms. The average Bonchev–Trinajstić information content (AvgIpc) is 2.97. The summed E-state index contributed by atoms with van der Waals surface area (Å²) < 4.78 is 13.5. The van der Waals surface area contributed by atoms with E-state index in [9.17, 15) is 4.39 Å². The Hall–Kier alpha value is -0.640. The van der Waals surface area contributed by atoms with Crippen molar-refractivity contribution in [1.82, 2.24) is 10.2 Å². The molecule has 0 radical (unpaired) electrons. The highest BCUT2D eigenvalue weighted by Gasteiger charge is 2.28. The third-order valence-corrected chi connectivity index (χ3v) is 4.91. The molecular formula is C16H22ClFN2. The second kappa shape index (κ2) is 6.42. The van der Waals surface area contributed by atoms with Gasteiger partial charge in [-0.2, -0.15) is 0 Å². The summed E-state index contributed by atoms with van der Waals surface area (Å²) >= 11 is 5.74. The molecule has 110 valence electrons. The first-order valence-corrected chi connectivity index (χ1v) is 8.00. The van der Waals surface area contributed by atoms with Gasteiger partial charge in [0.1, 0.15) is 5.82 Å². The maximum Gasteiger partial charge on any atom is 0.142 e. The van der Waals surface area contributed by atoms with Gasteiger partial charge in [-0.1, -0.05) is 17.7 Å². The second-order valence-electron chi connectivity index (χ2n) is 6.09. The van der Waals surface area contributed by atoms with Gasteiger partial charge in [0.15, 0.2) is 0 Å². The van der Waals surface area contributed by atoms with E-state index in [-0.39, 0.29) is 10.8 Å². The molecule has 2 nitrogen and oxygen atoms in total. The Morgan fingerprint density at radius 1 is 1.30 bits per heavy atom. The molecule has 2 saturated heterocycles. The molecular weight excluding hydrogens is 275 g/mol. The van der Waals surface area contributed by atoms with Gasteiger partial charge < -0.3 is 5.32 Å². The molecule has 0 spiro atoms. The van der Waals surface area contributed by atoms with Gasteiger partial charge >= 0.3 is 0 Å². The smallest absolute Gasteiger partial charge is 0.142 e. The van der Waals surface area contributed by atoms with E-state index in [0.717, 1.165) is 31.1 Å². The van der Waals surface area contributed by atoms with Crippen LogP contribution in [0.15, 0.2) is 18.2 Å². The highest BCUT2D eigenvalue weighted by atomic mass is 35.5. The van der Waals surface area contributed by atoms with Gasteiger partial charge in [-0.3, -0.25) is 4.90 Å². The van der Waals surface area contributed by atoms with Crippen LogP contribution in [0.1, 0.15) is 31.2 Å². The van der Waals surface area contributed by atoms with Gasteiger partial charge in [-0.15, -0.1) is 0 Å². The lowest BCUT2D eigenvalue weighted by molar-refractivity contribution is 0.145. The number of piperidine rings is 1. The number of halogens is 2. The van der Waals surface area contributed by atoms with E-state index < -0.39 is 0 Å². The third kappa shape index (κ3) is 3.33. The molecule has 0 saturated carbocycles. The monoisotopic (exact) mass is 296 g/mol. The van der Waals surface area contributed by atoms with E-state index in [1.165, 1.54) is 32.2 Å². The molecule has 0 aromatic heterocycles. The zero-order valence-electron chi connectivity index (χ0n) is 11.7. The van der Waals surface area contributed by atoms with Crippen LogP contribution < -0.4 is 5.32 Å². The van der Waals surface area contributed by atoms with E-state index in [4.69, 9.17) is 11.6 Å². The molecule has 0 aliphatic carbocycles. The topological polar surface area (TPSA) is 15.3 Å². The van der Waals surface area contributed by atoms with Crippen LogP contribution >= 0.6 is 11.6 Å². The van der Waals surface area contributed by atoms with Crippen LogP contribution in [0.4, 0.5) is 4.39 Å². The van der Waals surface area contributed by atoms with Gasteiger partial charge in [-0.25, -0.2) is 4.39 Å². The fourth-order valence-corrected chi connectivity index (χ4v) is 3.69. The Balaban J connectivity index is 1.60. The van der Waals surface area contributed by atoms with Gasteiger partial charge in [0.2, 0.25) is 0 Å². The maximum absolute atomic E-state index is 13.5.